The highest BCUT2D eigenvalue weighted by Gasteiger charge is 2.29. The first kappa shape index (κ1) is 12.5. The van der Waals surface area contributed by atoms with Crippen LogP contribution in [0.3, 0.4) is 0 Å². The van der Waals surface area contributed by atoms with Crippen molar-refractivity contribution in [1.82, 2.24) is 4.90 Å². The minimum absolute atomic E-state index is 0.138. The third kappa shape index (κ3) is 3.82. The maximum absolute atomic E-state index is 12.0. The van der Waals surface area contributed by atoms with E-state index in [1.54, 1.807) is 0 Å². The normalized spacial score (nSPS) is 17.9. The molecule has 1 rings (SSSR count). The number of nitrogens with two attached hydrogens (primary N) is 1. The molecule has 0 heterocycles. The first-order valence-electron chi connectivity index (χ1n) is 6.10. The number of carbonyl (C=O) groups excluding carboxylic acids is 1. The average Bonchev–Trinajstić information content (AvgIpc) is 2.98. The van der Waals surface area contributed by atoms with Crippen LogP contribution in [0.4, 0.5) is 0 Å². The second kappa shape index (κ2) is 5.50. The summed E-state index contributed by atoms with van der Waals surface area (Å²) in [7, 11) is 0. The number of amides is 1. The van der Waals surface area contributed by atoms with E-state index in [-0.39, 0.29) is 17.9 Å². The molecule has 1 fully saturated rings. The lowest BCUT2D eigenvalue weighted by molar-refractivity contribution is -0.133. The second-order valence-corrected chi connectivity index (χ2v) is 5.00. The van der Waals surface area contributed by atoms with Crippen molar-refractivity contribution in [3.63, 3.8) is 0 Å². The van der Waals surface area contributed by atoms with Gasteiger partial charge in [-0.15, -0.1) is 0 Å². The van der Waals surface area contributed by atoms with Gasteiger partial charge in [-0.25, -0.2) is 0 Å². The number of rotatable bonds is 6. The molecule has 88 valence electrons. The maximum atomic E-state index is 12.0. The summed E-state index contributed by atoms with van der Waals surface area (Å²) in [5.74, 6) is 1.12. The highest BCUT2D eigenvalue weighted by atomic mass is 16.2. The van der Waals surface area contributed by atoms with Gasteiger partial charge in [0, 0.05) is 13.1 Å². The summed E-state index contributed by atoms with van der Waals surface area (Å²) in [4.78, 5) is 14.0. The highest BCUT2D eigenvalue weighted by molar-refractivity contribution is 5.81. The third-order valence-electron chi connectivity index (χ3n) is 2.98. The molecule has 0 unspecified atom stereocenters. The Hall–Kier alpha value is -0.570. The minimum atomic E-state index is -0.324. The molecule has 15 heavy (non-hydrogen) atoms. The Bertz CT molecular complexity index is 212. The van der Waals surface area contributed by atoms with E-state index in [0.717, 1.165) is 25.4 Å². The van der Waals surface area contributed by atoms with E-state index in [0.29, 0.717) is 0 Å². The predicted molar refractivity (Wildman–Crippen MR) is 62.4 cm³/mol. The van der Waals surface area contributed by atoms with Crippen molar-refractivity contribution in [3.8, 4) is 0 Å². The summed E-state index contributed by atoms with van der Waals surface area (Å²) in [6.45, 7) is 7.89. The summed E-state index contributed by atoms with van der Waals surface area (Å²) >= 11 is 0. The summed E-state index contributed by atoms with van der Waals surface area (Å²) in [6.07, 6.45) is 3.58. The Morgan fingerprint density at radius 1 is 1.47 bits per heavy atom. The van der Waals surface area contributed by atoms with Crippen molar-refractivity contribution in [2.75, 3.05) is 13.1 Å². The molecule has 0 radical (unpaired) electrons. The van der Waals surface area contributed by atoms with Crippen LogP contribution in [0.1, 0.15) is 40.0 Å². The zero-order valence-corrected chi connectivity index (χ0v) is 10.2. The molecule has 1 aliphatic rings. The lowest BCUT2D eigenvalue weighted by Crippen LogP contribution is -2.47. The fourth-order valence-corrected chi connectivity index (χ4v) is 1.67. The van der Waals surface area contributed by atoms with Crippen molar-refractivity contribution in [2.45, 2.75) is 46.1 Å². The molecule has 3 nitrogen and oxygen atoms in total. The van der Waals surface area contributed by atoms with Gasteiger partial charge in [-0.3, -0.25) is 4.79 Å². The zero-order chi connectivity index (χ0) is 11.4. The molecule has 3 heteroatoms. The second-order valence-electron chi connectivity index (χ2n) is 5.00. The monoisotopic (exact) mass is 212 g/mol. The van der Waals surface area contributed by atoms with Crippen molar-refractivity contribution in [2.24, 2.45) is 17.6 Å². The smallest absolute Gasteiger partial charge is 0.239 e. The Kier molecular flexibility index (Phi) is 4.58. The molecule has 0 spiro atoms. The molecule has 0 bridgehead atoms. The van der Waals surface area contributed by atoms with Crippen LogP contribution >= 0.6 is 0 Å². The molecule has 1 aliphatic carbocycles. The summed E-state index contributed by atoms with van der Waals surface area (Å²) in [5, 5.41) is 0. The van der Waals surface area contributed by atoms with Gasteiger partial charge in [0.15, 0.2) is 0 Å². The average molecular weight is 212 g/mol. The van der Waals surface area contributed by atoms with E-state index in [1.807, 2.05) is 18.7 Å². The van der Waals surface area contributed by atoms with E-state index in [4.69, 9.17) is 5.73 Å². The van der Waals surface area contributed by atoms with Crippen LogP contribution in [-0.4, -0.2) is 29.9 Å². The van der Waals surface area contributed by atoms with Crippen LogP contribution in [0, 0.1) is 11.8 Å². The van der Waals surface area contributed by atoms with E-state index < -0.39 is 0 Å². The SMILES string of the molecule is CCCN(CC1CC1)C(=O)[C@H](N)C(C)C. The molecule has 1 amide bonds. The number of carbonyl (C=O) groups is 1. The van der Waals surface area contributed by atoms with Crippen LogP contribution in [-0.2, 0) is 4.79 Å². The topological polar surface area (TPSA) is 46.3 Å². The Balaban J connectivity index is 2.48. The largest absolute Gasteiger partial charge is 0.341 e. The molecule has 1 atom stereocenters. The predicted octanol–water partition coefficient (Wildman–Crippen LogP) is 1.62. The van der Waals surface area contributed by atoms with Crippen molar-refractivity contribution in [3.05, 3.63) is 0 Å². The Labute approximate surface area is 93.0 Å². The van der Waals surface area contributed by atoms with E-state index in [9.17, 15) is 4.79 Å². The first-order chi connectivity index (χ1) is 7.06. The zero-order valence-electron chi connectivity index (χ0n) is 10.2. The van der Waals surface area contributed by atoms with E-state index in [2.05, 4.69) is 6.92 Å². The summed E-state index contributed by atoms with van der Waals surface area (Å²) < 4.78 is 0. The highest BCUT2D eigenvalue weighted by Crippen LogP contribution is 2.30. The standard InChI is InChI=1S/C12H24N2O/c1-4-7-14(8-10-5-6-10)12(15)11(13)9(2)3/h9-11H,4-8,13H2,1-3H3/t11-/m1/s1. The van der Waals surface area contributed by atoms with Gasteiger partial charge in [-0.2, -0.15) is 0 Å². The molecular formula is C12H24N2O. The van der Waals surface area contributed by atoms with Crippen molar-refractivity contribution in [1.29, 1.82) is 0 Å². The molecule has 0 aromatic carbocycles. The van der Waals surface area contributed by atoms with Crippen LogP contribution in [0.15, 0.2) is 0 Å². The van der Waals surface area contributed by atoms with E-state index >= 15 is 0 Å². The van der Waals surface area contributed by atoms with Gasteiger partial charge in [-0.1, -0.05) is 20.8 Å². The first-order valence-corrected chi connectivity index (χ1v) is 6.10. The fourth-order valence-electron chi connectivity index (χ4n) is 1.67. The maximum Gasteiger partial charge on any atom is 0.239 e. The van der Waals surface area contributed by atoms with Gasteiger partial charge < -0.3 is 10.6 Å². The number of hydrogen-bond donors (Lipinski definition) is 1. The number of hydrogen-bond acceptors (Lipinski definition) is 2. The molecule has 0 aromatic rings. The Morgan fingerprint density at radius 2 is 2.07 bits per heavy atom. The molecular weight excluding hydrogens is 188 g/mol. The minimum Gasteiger partial charge on any atom is -0.341 e. The van der Waals surface area contributed by atoms with Gasteiger partial charge in [0.25, 0.3) is 0 Å². The van der Waals surface area contributed by atoms with Crippen LogP contribution in [0.5, 0.6) is 0 Å². The molecule has 0 saturated heterocycles. The van der Waals surface area contributed by atoms with Crippen LogP contribution in [0.25, 0.3) is 0 Å². The van der Waals surface area contributed by atoms with Gasteiger partial charge >= 0.3 is 0 Å². The third-order valence-corrected chi connectivity index (χ3v) is 2.98. The van der Waals surface area contributed by atoms with Crippen LogP contribution < -0.4 is 5.73 Å². The number of nitrogens with zero attached hydrogens (tertiary/aromatic N) is 1. The van der Waals surface area contributed by atoms with Gasteiger partial charge in [0.1, 0.15) is 0 Å². The van der Waals surface area contributed by atoms with Crippen molar-refractivity contribution >= 4 is 5.91 Å². The lowest BCUT2D eigenvalue weighted by atomic mass is 10.0. The fraction of sp³-hybridized carbons (Fsp3) is 0.917. The lowest BCUT2D eigenvalue weighted by Gasteiger charge is -2.27. The summed E-state index contributed by atoms with van der Waals surface area (Å²) in [5.41, 5.74) is 5.90. The van der Waals surface area contributed by atoms with Crippen molar-refractivity contribution < 1.29 is 4.79 Å². The molecule has 0 aromatic heterocycles. The van der Waals surface area contributed by atoms with Gasteiger partial charge in [-0.05, 0) is 31.1 Å². The van der Waals surface area contributed by atoms with Gasteiger partial charge in [0.2, 0.25) is 5.91 Å². The van der Waals surface area contributed by atoms with E-state index in [1.165, 1.54) is 12.8 Å². The quantitative estimate of drug-likeness (QED) is 0.727. The molecule has 1 saturated carbocycles. The Morgan fingerprint density at radius 3 is 2.47 bits per heavy atom. The van der Waals surface area contributed by atoms with Gasteiger partial charge in [0.05, 0.1) is 6.04 Å². The molecule has 2 N–H and O–H groups in total. The molecule has 0 aliphatic heterocycles. The van der Waals surface area contributed by atoms with Crippen LogP contribution in [0.2, 0.25) is 0 Å². The summed E-state index contributed by atoms with van der Waals surface area (Å²) in [6, 6.07) is -0.324.